The van der Waals surface area contributed by atoms with Crippen molar-refractivity contribution in [2.45, 2.75) is 25.7 Å². The molecule has 0 heterocycles. The van der Waals surface area contributed by atoms with Crippen LogP contribution < -0.4 is 9.04 Å². The first-order valence-electron chi connectivity index (χ1n) is 7.75. The van der Waals surface area contributed by atoms with Crippen molar-refractivity contribution in [3.8, 4) is 5.75 Å². The van der Waals surface area contributed by atoms with Crippen molar-refractivity contribution in [3.05, 3.63) is 54.6 Å². The molecule has 0 N–H and O–H groups in total. The second kappa shape index (κ2) is 7.49. The molecule has 2 aromatic carbocycles. The van der Waals surface area contributed by atoms with Gasteiger partial charge < -0.3 is 4.74 Å². The summed E-state index contributed by atoms with van der Waals surface area (Å²) in [6, 6.07) is 14.4. The average Bonchev–Trinajstić information content (AvgIpc) is 2.57. The lowest BCUT2D eigenvalue weighted by Gasteiger charge is -2.24. The highest BCUT2D eigenvalue weighted by Crippen LogP contribution is 2.27. The molecular weight excluding hydrogens is 326 g/mol. The van der Waals surface area contributed by atoms with Gasteiger partial charge in [-0.15, -0.1) is 0 Å². The number of amides is 1. The van der Waals surface area contributed by atoms with Crippen LogP contribution >= 0.6 is 0 Å². The Morgan fingerprint density at radius 3 is 2.12 bits per heavy atom. The summed E-state index contributed by atoms with van der Waals surface area (Å²) in [5.74, 6) is -0.326. The molecule has 0 spiro atoms. The quantitative estimate of drug-likeness (QED) is 0.803. The van der Waals surface area contributed by atoms with E-state index in [9.17, 15) is 13.2 Å². The summed E-state index contributed by atoms with van der Waals surface area (Å²) in [4.78, 5) is 12.7. The van der Waals surface area contributed by atoms with Crippen molar-refractivity contribution < 1.29 is 17.9 Å². The third-order valence-corrected chi connectivity index (χ3v) is 5.10. The molecule has 0 saturated carbocycles. The summed E-state index contributed by atoms with van der Waals surface area (Å²) in [7, 11) is -3.98. The first-order valence-corrected chi connectivity index (χ1v) is 9.19. The number of carbonyl (C=O) groups is 1. The Morgan fingerprint density at radius 1 is 1.04 bits per heavy atom. The summed E-state index contributed by atoms with van der Waals surface area (Å²) in [6.07, 6.45) is 0. The highest BCUT2D eigenvalue weighted by Gasteiger charge is 2.32. The van der Waals surface area contributed by atoms with E-state index < -0.39 is 21.8 Å². The lowest BCUT2D eigenvalue weighted by molar-refractivity contribution is -0.120. The Balaban J connectivity index is 2.51. The molecule has 24 heavy (non-hydrogen) atoms. The van der Waals surface area contributed by atoms with Gasteiger partial charge in [0.1, 0.15) is 5.75 Å². The number of hydrogen-bond donors (Lipinski definition) is 0. The van der Waals surface area contributed by atoms with Crippen molar-refractivity contribution in [1.29, 1.82) is 0 Å². The fourth-order valence-corrected chi connectivity index (χ4v) is 3.72. The molecule has 0 fully saturated rings. The minimum atomic E-state index is -3.98. The normalized spacial score (nSPS) is 11.3. The van der Waals surface area contributed by atoms with Crippen LogP contribution in [0.25, 0.3) is 0 Å². The van der Waals surface area contributed by atoms with Crippen LogP contribution in [0.3, 0.4) is 0 Å². The van der Waals surface area contributed by atoms with E-state index in [1.807, 2.05) is 6.92 Å². The fraction of sp³-hybridized carbons (Fsp3) is 0.278. The highest BCUT2D eigenvalue weighted by molar-refractivity contribution is 7.93. The molecule has 2 aromatic rings. The van der Waals surface area contributed by atoms with Gasteiger partial charge in [-0.3, -0.25) is 4.79 Å². The topological polar surface area (TPSA) is 63.7 Å². The number of rotatable bonds is 6. The van der Waals surface area contributed by atoms with Gasteiger partial charge >= 0.3 is 0 Å². The van der Waals surface area contributed by atoms with Crippen molar-refractivity contribution in [1.82, 2.24) is 0 Å². The van der Waals surface area contributed by atoms with Crippen LogP contribution in [-0.4, -0.2) is 20.9 Å². The summed E-state index contributed by atoms with van der Waals surface area (Å²) < 4.78 is 32.2. The van der Waals surface area contributed by atoms with Crippen LogP contribution in [0.1, 0.15) is 20.8 Å². The zero-order chi connectivity index (χ0) is 17.7. The van der Waals surface area contributed by atoms with E-state index in [0.29, 0.717) is 18.0 Å². The van der Waals surface area contributed by atoms with Gasteiger partial charge in [0.05, 0.1) is 17.2 Å². The molecule has 0 unspecified atom stereocenters. The van der Waals surface area contributed by atoms with E-state index in [1.54, 1.807) is 56.3 Å². The third kappa shape index (κ3) is 3.76. The molecule has 0 radical (unpaired) electrons. The summed E-state index contributed by atoms with van der Waals surface area (Å²) in [5, 5.41) is 0. The minimum Gasteiger partial charge on any atom is -0.494 e. The Kier molecular flexibility index (Phi) is 5.62. The molecule has 6 heteroatoms. The summed E-state index contributed by atoms with van der Waals surface area (Å²) >= 11 is 0. The number of benzene rings is 2. The maximum atomic E-state index is 13.0. The molecule has 0 aliphatic rings. The van der Waals surface area contributed by atoms with Crippen LogP contribution in [-0.2, 0) is 14.8 Å². The van der Waals surface area contributed by atoms with Gasteiger partial charge in [-0.2, -0.15) is 0 Å². The number of carbonyl (C=O) groups excluding carboxylic acids is 1. The number of nitrogens with zero attached hydrogens (tertiary/aromatic N) is 1. The predicted molar refractivity (Wildman–Crippen MR) is 93.6 cm³/mol. The van der Waals surface area contributed by atoms with Gasteiger partial charge in [0.15, 0.2) is 0 Å². The molecular formula is C18H21NO4S. The van der Waals surface area contributed by atoms with Crippen LogP contribution in [0, 0.1) is 5.92 Å². The van der Waals surface area contributed by atoms with E-state index in [-0.39, 0.29) is 4.90 Å². The van der Waals surface area contributed by atoms with Crippen LogP contribution in [0.5, 0.6) is 5.75 Å². The van der Waals surface area contributed by atoms with Gasteiger partial charge in [0.25, 0.3) is 10.0 Å². The number of sulfonamides is 1. The van der Waals surface area contributed by atoms with E-state index in [2.05, 4.69) is 0 Å². The molecule has 1 amide bonds. The van der Waals surface area contributed by atoms with E-state index in [1.165, 1.54) is 12.1 Å². The smallest absolute Gasteiger partial charge is 0.270 e. The molecule has 0 bridgehead atoms. The molecule has 0 aliphatic carbocycles. The van der Waals surface area contributed by atoms with E-state index in [0.717, 1.165) is 4.31 Å². The maximum Gasteiger partial charge on any atom is 0.270 e. The molecule has 0 atom stereocenters. The number of ether oxygens (including phenoxy) is 1. The average molecular weight is 347 g/mol. The fourth-order valence-electron chi connectivity index (χ4n) is 2.16. The largest absolute Gasteiger partial charge is 0.494 e. The maximum absolute atomic E-state index is 13.0. The molecule has 0 saturated heterocycles. The van der Waals surface area contributed by atoms with Gasteiger partial charge in [0, 0.05) is 5.92 Å². The lowest BCUT2D eigenvalue weighted by atomic mass is 10.2. The second-order valence-corrected chi connectivity index (χ2v) is 7.29. The van der Waals surface area contributed by atoms with Crippen molar-refractivity contribution >= 4 is 21.6 Å². The summed E-state index contributed by atoms with van der Waals surface area (Å²) in [6.45, 7) is 5.72. The molecule has 0 aromatic heterocycles. The number of hydrogen-bond acceptors (Lipinski definition) is 4. The number of anilines is 1. The molecule has 128 valence electrons. The lowest BCUT2D eigenvalue weighted by Crippen LogP contribution is -2.39. The minimum absolute atomic E-state index is 0.0767. The van der Waals surface area contributed by atoms with Crippen LogP contribution in [0.2, 0.25) is 0 Å². The monoisotopic (exact) mass is 347 g/mol. The van der Waals surface area contributed by atoms with Gasteiger partial charge in [-0.05, 0) is 43.3 Å². The van der Waals surface area contributed by atoms with Crippen molar-refractivity contribution in [2.24, 2.45) is 5.92 Å². The zero-order valence-electron chi connectivity index (χ0n) is 14.0. The Bertz CT molecular complexity index is 784. The van der Waals surface area contributed by atoms with Gasteiger partial charge in [-0.1, -0.05) is 32.0 Å². The molecule has 5 nitrogen and oxygen atoms in total. The highest BCUT2D eigenvalue weighted by atomic mass is 32.2. The van der Waals surface area contributed by atoms with E-state index in [4.69, 9.17) is 4.74 Å². The van der Waals surface area contributed by atoms with E-state index >= 15 is 0 Å². The standard InChI is InChI=1S/C18H21NO4S/c1-4-23-16-12-10-15(11-13-16)19(18(20)14(2)3)24(21,22)17-8-6-5-7-9-17/h5-14H,4H2,1-3H3. The zero-order valence-corrected chi connectivity index (χ0v) is 14.8. The Hall–Kier alpha value is -2.34. The van der Waals surface area contributed by atoms with Crippen LogP contribution in [0.15, 0.2) is 59.5 Å². The Labute approximate surface area is 142 Å². The Morgan fingerprint density at radius 2 is 1.62 bits per heavy atom. The SMILES string of the molecule is CCOc1ccc(N(C(=O)C(C)C)S(=O)(=O)c2ccccc2)cc1. The molecule has 0 aliphatic heterocycles. The molecule has 2 rings (SSSR count). The van der Waals surface area contributed by atoms with Gasteiger partial charge in [0.2, 0.25) is 5.91 Å². The van der Waals surface area contributed by atoms with Crippen molar-refractivity contribution in [3.63, 3.8) is 0 Å². The first kappa shape index (κ1) is 18.0. The first-order chi connectivity index (χ1) is 11.4. The second-order valence-electron chi connectivity index (χ2n) is 5.50. The third-order valence-electron chi connectivity index (χ3n) is 3.36. The van der Waals surface area contributed by atoms with Crippen molar-refractivity contribution in [2.75, 3.05) is 10.9 Å². The van der Waals surface area contributed by atoms with Crippen LogP contribution in [0.4, 0.5) is 5.69 Å². The predicted octanol–water partition coefficient (Wildman–Crippen LogP) is 3.46. The summed E-state index contributed by atoms with van der Waals surface area (Å²) in [5.41, 5.74) is 0.293. The van der Waals surface area contributed by atoms with Gasteiger partial charge in [-0.25, -0.2) is 12.7 Å².